The average molecular weight is 1150 g/mol. The first kappa shape index (κ1) is 94.5. The van der Waals surface area contributed by atoms with Crippen LogP contribution in [-0.4, -0.2) is 217 Å². The van der Waals surface area contributed by atoms with Gasteiger partial charge in [-0.1, -0.05) is 182 Å². The fourth-order valence-corrected chi connectivity index (χ4v) is 5.22. The molecule has 0 radical (unpaired) electrons. The van der Waals surface area contributed by atoms with E-state index in [0.717, 1.165) is 51.4 Å². The van der Waals surface area contributed by atoms with Gasteiger partial charge >= 0.3 is 23.9 Å². The molecule has 0 aliphatic rings. The van der Waals surface area contributed by atoms with E-state index in [9.17, 15) is 19.2 Å². The maximum absolute atomic E-state index is 10.1. The summed E-state index contributed by atoms with van der Waals surface area (Å²) in [5, 5.41) is 153. The highest BCUT2D eigenvalue weighted by Gasteiger charge is 2.00. The van der Waals surface area contributed by atoms with E-state index in [1.54, 1.807) is 0 Å². The minimum absolute atomic E-state index is 0.341. The third kappa shape index (κ3) is 135. The predicted octanol–water partition coefficient (Wildman–Crippen LogP) is 4.51. The van der Waals surface area contributed by atoms with Gasteiger partial charge in [0.1, 0.15) is 30.5 Å². The van der Waals surface area contributed by atoms with Crippen molar-refractivity contribution in [2.24, 2.45) is 0 Å². The van der Waals surface area contributed by atoms with Crippen molar-refractivity contribution in [1.82, 2.24) is 0 Å². The van der Waals surface area contributed by atoms with E-state index in [-0.39, 0.29) is 66.1 Å². The fourth-order valence-electron chi connectivity index (χ4n) is 5.22. The second-order valence-electron chi connectivity index (χ2n) is 18.2. The lowest BCUT2D eigenvalue weighted by Gasteiger charge is -1.98. The molecule has 0 atom stereocenters. The van der Waals surface area contributed by atoms with Crippen molar-refractivity contribution in [3.63, 3.8) is 0 Å². The summed E-state index contributed by atoms with van der Waals surface area (Å²) in [6.45, 7) is 5.15. The number of carboxylic acid groups (broad SMARTS) is 4. The lowest BCUT2D eigenvalue weighted by Crippen LogP contribution is -2.15. The molecule has 0 aromatic rings. The SMILES string of the molecule is CCCCCCCCCC(=O)O.CCCCCCCCCC(=O)O.CCCCCCCCCC(=O)O.CCCCCCCCCC(=O)O.OCC(O)CO.OCC(O)CO.OCC(O)CO.OCC(O)CO.OCC(O)CO. The first-order chi connectivity index (χ1) is 37.1. The van der Waals surface area contributed by atoms with Gasteiger partial charge in [-0.15, -0.1) is 0 Å². The van der Waals surface area contributed by atoms with Crippen LogP contribution in [-0.2, 0) is 19.2 Å². The highest BCUT2D eigenvalue weighted by atomic mass is 16.4. The van der Waals surface area contributed by atoms with Crippen molar-refractivity contribution in [2.45, 2.75) is 264 Å². The van der Waals surface area contributed by atoms with Crippen LogP contribution < -0.4 is 0 Å². The van der Waals surface area contributed by atoms with Crippen molar-refractivity contribution in [3.8, 4) is 0 Å². The lowest BCUT2D eigenvalue weighted by molar-refractivity contribution is -0.138. The van der Waals surface area contributed by atoms with Crippen LogP contribution in [0, 0.1) is 0 Å². The minimum atomic E-state index is -0.954. The van der Waals surface area contributed by atoms with Crippen LogP contribution in [0.1, 0.15) is 233 Å². The monoisotopic (exact) mass is 1150 g/mol. The molecule has 0 aromatic carbocycles. The highest BCUT2D eigenvalue weighted by molar-refractivity contribution is 5.67. The van der Waals surface area contributed by atoms with Crippen molar-refractivity contribution < 1.29 is 116 Å². The number of carbonyl (C=O) groups is 4. The van der Waals surface area contributed by atoms with Gasteiger partial charge in [-0.3, -0.25) is 19.2 Å². The second kappa shape index (κ2) is 90.8. The zero-order valence-electron chi connectivity index (χ0n) is 48.7. The molecule has 0 saturated heterocycles. The van der Waals surface area contributed by atoms with Gasteiger partial charge < -0.3 is 97.0 Å². The van der Waals surface area contributed by atoms with Gasteiger partial charge in [0.25, 0.3) is 0 Å². The van der Waals surface area contributed by atoms with Gasteiger partial charge in [0.2, 0.25) is 0 Å². The Bertz CT molecular complexity index is 889. The number of aliphatic hydroxyl groups excluding tert-OH is 15. The van der Waals surface area contributed by atoms with Gasteiger partial charge in [-0.25, -0.2) is 0 Å². The topological polar surface area (TPSA) is 453 Å². The van der Waals surface area contributed by atoms with Crippen LogP contribution in [0.3, 0.4) is 0 Å². The average Bonchev–Trinajstić information content (AvgIpc) is 3.43. The summed E-state index contributed by atoms with van der Waals surface area (Å²) in [5.74, 6) is -2.65. The van der Waals surface area contributed by atoms with Crippen molar-refractivity contribution in [3.05, 3.63) is 0 Å². The Labute approximate surface area is 468 Å². The van der Waals surface area contributed by atoms with Crippen LogP contribution >= 0.6 is 0 Å². The minimum Gasteiger partial charge on any atom is -0.481 e. The quantitative estimate of drug-likeness (QED) is 0.0374. The molecule has 0 spiro atoms. The summed E-state index contributed by atoms with van der Waals surface area (Å²) < 4.78 is 0. The van der Waals surface area contributed by atoms with Gasteiger partial charge in [-0.2, -0.15) is 0 Å². The maximum atomic E-state index is 10.1. The third-order valence-electron chi connectivity index (χ3n) is 10.1. The van der Waals surface area contributed by atoms with E-state index in [0.29, 0.717) is 25.7 Å². The molecular formula is C55H120O23. The summed E-state index contributed by atoms with van der Waals surface area (Å²) in [6.07, 6.45) is 29.8. The molecule has 19 N–H and O–H groups in total. The standard InChI is InChI=1S/4C10H20O2.5C3H8O3/c4*1-2-3-4-5-6-7-8-9-10(11)12;5*4-1-3(6)2-5/h4*2-9H2,1H3,(H,11,12);5*3-6H,1-2H2. The first-order valence-corrected chi connectivity index (χ1v) is 28.5. The van der Waals surface area contributed by atoms with E-state index in [4.69, 9.17) is 97.0 Å². The Hall–Kier alpha value is -2.72. The normalized spacial score (nSPS) is 10.1. The van der Waals surface area contributed by atoms with Crippen LogP contribution in [0.4, 0.5) is 0 Å². The fraction of sp³-hybridized carbons (Fsp3) is 0.927. The Morgan fingerprint density at radius 1 is 0.218 bits per heavy atom. The maximum Gasteiger partial charge on any atom is 0.303 e. The van der Waals surface area contributed by atoms with E-state index in [1.807, 2.05) is 0 Å². The van der Waals surface area contributed by atoms with Crippen LogP contribution in [0.2, 0.25) is 0 Å². The molecule has 0 heterocycles. The molecule has 78 heavy (non-hydrogen) atoms. The van der Waals surface area contributed by atoms with Gasteiger partial charge in [0.15, 0.2) is 0 Å². The van der Waals surface area contributed by atoms with Crippen LogP contribution in [0.25, 0.3) is 0 Å². The van der Waals surface area contributed by atoms with Gasteiger partial charge in [0, 0.05) is 25.7 Å². The molecule has 23 nitrogen and oxygen atoms in total. The second-order valence-corrected chi connectivity index (χ2v) is 18.2. The molecule has 0 amide bonds. The van der Waals surface area contributed by atoms with E-state index in [1.165, 1.54) is 128 Å². The molecule has 0 aliphatic heterocycles. The number of aliphatic carboxylic acids is 4. The van der Waals surface area contributed by atoms with E-state index < -0.39 is 54.4 Å². The summed E-state index contributed by atoms with van der Waals surface area (Å²) >= 11 is 0. The van der Waals surface area contributed by atoms with Gasteiger partial charge in [-0.05, 0) is 25.7 Å². The molecule has 0 bridgehead atoms. The molecule has 0 unspecified atom stereocenters. The number of hydrogen-bond acceptors (Lipinski definition) is 19. The Morgan fingerprint density at radius 2 is 0.321 bits per heavy atom. The first-order valence-electron chi connectivity index (χ1n) is 28.5. The Kier molecular flexibility index (Phi) is 110. The zero-order chi connectivity index (χ0) is 61.9. The van der Waals surface area contributed by atoms with Crippen LogP contribution in [0.5, 0.6) is 0 Å². The number of carboxylic acids is 4. The van der Waals surface area contributed by atoms with Crippen molar-refractivity contribution in [2.75, 3.05) is 66.1 Å². The third-order valence-corrected chi connectivity index (χ3v) is 10.1. The molecular weight excluding hydrogens is 1030 g/mol. The smallest absolute Gasteiger partial charge is 0.303 e. The largest absolute Gasteiger partial charge is 0.481 e. The molecule has 0 saturated carbocycles. The molecule has 0 aromatic heterocycles. The Balaban J connectivity index is -0.0000000999. The van der Waals surface area contributed by atoms with E-state index in [2.05, 4.69) is 27.7 Å². The zero-order valence-corrected chi connectivity index (χ0v) is 48.7. The summed E-state index contributed by atoms with van der Waals surface area (Å²) in [7, 11) is 0. The van der Waals surface area contributed by atoms with Crippen LogP contribution in [0.15, 0.2) is 0 Å². The molecule has 0 rings (SSSR count). The molecule has 0 fully saturated rings. The number of aliphatic hydroxyl groups is 15. The van der Waals surface area contributed by atoms with Gasteiger partial charge in [0.05, 0.1) is 66.1 Å². The van der Waals surface area contributed by atoms with Crippen molar-refractivity contribution >= 4 is 23.9 Å². The lowest BCUT2D eigenvalue weighted by atomic mass is 10.1. The summed E-state index contributed by atoms with van der Waals surface area (Å²) in [4.78, 5) is 40.5. The summed E-state index contributed by atoms with van der Waals surface area (Å²) in [6, 6.07) is 0. The van der Waals surface area contributed by atoms with E-state index >= 15 is 0 Å². The van der Waals surface area contributed by atoms with Crippen molar-refractivity contribution in [1.29, 1.82) is 0 Å². The number of hydrogen-bond donors (Lipinski definition) is 19. The highest BCUT2D eigenvalue weighted by Crippen LogP contribution is 2.11. The molecule has 478 valence electrons. The predicted molar refractivity (Wildman–Crippen MR) is 302 cm³/mol. The molecule has 0 aliphatic carbocycles. The molecule has 23 heteroatoms. The number of unbranched alkanes of at least 4 members (excludes halogenated alkanes) is 24. The number of rotatable bonds is 42. The summed E-state index contributed by atoms with van der Waals surface area (Å²) in [5.41, 5.74) is 0. The Morgan fingerprint density at radius 3 is 0.397 bits per heavy atom.